The highest BCUT2D eigenvalue weighted by Gasteiger charge is 2.36. The first-order valence-corrected chi connectivity index (χ1v) is 6.93. The molecular weight excluding hydrogens is 247 g/mol. The number of halogens is 2. The molecule has 0 saturated heterocycles. The van der Waals surface area contributed by atoms with Crippen molar-refractivity contribution in [3.63, 3.8) is 0 Å². The quantitative estimate of drug-likeness (QED) is 0.812. The fourth-order valence-electron chi connectivity index (χ4n) is 2.28. The Bertz CT molecular complexity index is 402. The standard InChI is InChI=1S/C12H14ClFOS/c1-16-10-7-8(13)6-9(11(10)14)12(15)4-2-3-5-12/h6-7,15H,2-5H2,1H3. The van der Waals surface area contributed by atoms with Gasteiger partial charge in [-0.3, -0.25) is 0 Å². The lowest BCUT2D eigenvalue weighted by molar-refractivity contribution is 0.0403. The monoisotopic (exact) mass is 260 g/mol. The maximum atomic E-state index is 14.1. The zero-order valence-corrected chi connectivity index (χ0v) is 10.7. The van der Waals surface area contributed by atoms with Crippen molar-refractivity contribution in [2.45, 2.75) is 36.2 Å². The average Bonchev–Trinajstić information content (AvgIpc) is 2.69. The molecule has 1 aliphatic carbocycles. The van der Waals surface area contributed by atoms with Gasteiger partial charge in [-0.15, -0.1) is 11.8 Å². The number of rotatable bonds is 2. The summed E-state index contributed by atoms with van der Waals surface area (Å²) in [5.74, 6) is -0.318. The van der Waals surface area contributed by atoms with Gasteiger partial charge in [-0.1, -0.05) is 24.4 Å². The van der Waals surface area contributed by atoms with Gasteiger partial charge in [0.1, 0.15) is 5.82 Å². The van der Waals surface area contributed by atoms with E-state index in [9.17, 15) is 9.50 Å². The molecule has 0 heterocycles. The first-order valence-electron chi connectivity index (χ1n) is 5.33. The molecule has 1 N–H and O–H groups in total. The summed E-state index contributed by atoms with van der Waals surface area (Å²) in [5.41, 5.74) is -0.652. The zero-order valence-electron chi connectivity index (χ0n) is 9.09. The van der Waals surface area contributed by atoms with Crippen LogP contribution in [-0.2, 0) is 5.60 Å². The highest BCUT2D eigenvalue weighted by molar-refractivity contribution is 7.98. The molecule has 0 unspecified atom stereocenters. The van der Waals surface area contributed by atoms with E-state index < -0.39 is 5.60 Å². The van der Waals surface area contributed by atoms with Crippen molar-refractivity contribution >= 4 is 23.4 Å². The summed E-state index contributed by atoms with van der Waals surface area (Å²) in [6.07, 6.45) is 4.93. The van der Waals surface area contributed by atoms with E-state index in [1.807, 2.05) is 0 Å². The SMILES string of the molecule is CSc1cc(Cl)cc(C2(O)CCCC2)c1F. The minimum Gasteiger partial charge on any atom is -0.385 e. The lowest BCUT2D eigenvalue weighted by Gasteiger charge is -2.24. The Morgan fingerprint density at radius 3 is 2.56 bits per heavy atom. The second kappa shape index (κ2) is 4.55. The van der Waals surface area contributed by atoms with E-state index in [0.29, 0.717) is 28.3 Å². The molecule has 1 aromatic carbocycles. The molecule has 0 aromatic heterocycles. The fourth-order valence-corrected chi connectivity index (χ4v) is 3.10. The lowest BCUT2D eigenvalue weighted by Crippen LogP contribution is -2.22. The Balaban J connectivity index is 2.51. The van der Waals surface area contributed by atoms with Crippen LogP contribution in [0.3, 0.4) is 0 Å². The van der Waals surface area contributed by atoms with Gasteiger partial charge in [0.2, 0.25) is 0 Å². The molecular formula is C12H14ClFOS. The third-order valence-corrected chi connectivity index (χ3v) is 4.11. The molecule has 0 aliphatic heterocycles. The predicted molar refractivity (Wildman–Crippen MR) is 65.6 cm³/mol. The molecule has 0 bridgehead atoms. The molecule has 88 valence electrons. The lowest BCUT2D eigenvalue weighted by atomic mass is 9.92. The molecule has 1 aliphatic rings. The molecule has 2 rings (SSSR count). The molecule has 16 heavy (non-hydrogen) atoms. The summed E-state index contributed by atoms with van der Waals surface area (Å²) in [4.78, 5) is 0.503. The molecule has 0 radical (unpaired) electrons. The summed E-state index contributed by atoms with van der Waals surface area (Å²) in [7, 11) is 0. The number of benzene rings is 1. The van der Waals surface area contributed by atoms with Crippen molar-refractivity contribution in [3.8, 4) is 0 Å². The van der Waals surface area contributed by atoms with E-state index in [2.05, 4.69) is 0 Å². The van der Waals surface area contributed by atoms with Crippen molar-refractivity contribution in [2.75, 3.05) is 6.26 Å². The van der Waals surface area contributed by atoms with Gasteiger partial charge >= 0.3 is 0 Å². The number of hydrogen-bond donors (Lipinski definition) is 1. The first-order chi connectivity index (χ1) is 7.57. The van der Waals surface area contributed by atoms with Crippen LogP contribution in [0.4, 0.5) is 4.39 Å². The van der Waals surface area contributed by atoms with Gasteiger partial charge in [-0.2, -0.15) is 0 Å². The van der Waals surface area contributed by atoms with Crippen LogP contribution in [-0.4, -0.2) is 11.4 Å². The largest absolute Gasteiger partial charge is 0.385 e. The smallest absolute Gasteiger partial charge is 0.142 e. The van der Waals surface area contributed by atoms with Crippen molar-refractivity contribution in [1.29, 1.82) is 0 Å². The Hall–Kier alpha value is -0.250. The van der Waals surface area contributed by atoms with Crippen LogP contribution in [0, 0.1) is 5.82 Å². The van der Waals surface area contributed by atoms with Gasteiger partial charge in [0.25, 0.3) is 0 Å². The minimum absolute atomic E-state index is 0.318. The van der Waals surface area contributed by atoms with Crippen LogP contribution in [0.5, 0.6) is 0 Å². The number of aliphatic hydroxyl groups is 1. The normalized spacial score (nSPS) is 19.0. The van der Waals surface area contributed by atoms with Gasteiger partial charge in [-0.05, 0) is 31.2 Å². The second-order valence-corrected chi connectivity index (χ2v) is 5.49. The van der Waals surface area contributed by atoms with E-state index in [1.165, 1.54) is 11.8 Å². The Kier molecular flexibility index (Phi) is 3.48. The Labute approximate surface area is 104 Å². The topological polar surface area (TPSA) is 20.2 Å². The maximum absolute atomic E-state index is 14.1. The van der Waals surface area contributed by atoms with Crippen molar-refractivity contribution in [1.82, 2.24) is 0 Å². The molecule has 1 fully saturated rings. The van der Waals surface area contributed by atoms with E-state index >= 15 is 0 Å². The molecule has 1 aromatic rings. The average molecular weight is 261 g/mol. The Morgan fingerprint density at radius 2 is 2.00 bits per heavy atom. The van der Waals surface area contributed by atoms with E-state index in [-0.39, 0.29) is 5.82 Å². The Morgan fingerprint density at radius 1 is 1.38 bits per heavy atom. The van der Waals surface area contributed by atoms with Gasteiger partial charge in [0, 0.05) is 15.5 Å². The van der Waals surface area contributed by atoms with Crippen LogP contribution in [0.1, 0.15) is 31.2 Å². The maximum Gasteiger partial charge on any atom is 0.142 e. The second-order valence-electron chi connectivity index (χ2n) is 4.21. The van der Waals surface area contributed by atoms with Crippen molar-refractivity contribution in [2.24, 2.45) is 0 Å². The van der Waals surface area contributed by atoms with E-state index in [1.54, 1.807) is 18.4 Å². The van der Waals surface area contributed by atoms with Gasteiger partial charge in [0.15, 0.2) is 0 Å². The molecule has 0 atom stereocenters. The number of hydrogen-bond acceptors (Lipinski definition) is 2. The summed E-state index contributed by atoms with van der Waals surface area (Å²) >= 11 is 7.26. The van der Waals surface area contributed by atoms with E-state index in [4.69, 9.17) is 11.6 Å². The van der Waals surface area contributed by atoms with Gasteiger partial charge < -0.3 is 5.11 Å². The highest BCUT2D eigenvalue weighted by Crippen LogP contribution is 2.42. The zero-order chi connectivity index (χ0) is 11.8. The highest BCUT2D eigenvalue weighted by atomic mass is 35.5. The first kappa shape index (κ1) is 12.2. The minimum atomic E-state index is -1.01. The molecule has 1 nitrogen and oxygen atoms in total. The molecule has 4 heteroatoms. The van der Waals surface area contributed by atoms with Crippen molar-refractivity contribution in [3.05, 3.63) is 28.5 Å². The van der Waals surface area contributed by atoms with Crippen molar-refractivity contribution < 1.29 is 9.50 Å². The third kappa shape index (κ3) is 2.08. The van der Waals surface area contributed by atoms with Crippen LogP contribution in [0.25, 0.3) is 0 Å². The molecule has 1 saturated carbocycles. The van der Waals surface area contributed by atoms with Crippen LogP contribution >= 0.6 is 23.4 Å². The van der Waals surface area contributed by atoms with Crippen LogP contribution < -0.4 is 0 Å². The summed E-state index contributed by atoms with van der Waals surface area (Å²) in [6.45, 7) is 0. The number of thioether (sulfide) groups is 1. The van der Waals surface area contributed by atoms with Crippen LogP contribution in [0.2, 0.25) is 5.02 Å². The summed E-state index contributed by atoms with van der Waals surface area (Å²) in [5, 5.41) is 10.9. The predicted octanol–water partition coefficient (Wildman–Crippen LogP) is 3.96. The van der Waals surface area contributed by atoms with Gasteiger partial charge in [-0.25, -0.2) is 4.39 Å². The van der Waals surface area contributed by atoms with E-state index in [0.717, 1.165) is 12.8 Å². The molecule has 0 spiro atoms. The molecule has 0 amide bonds. The fraction of sp³-hybridized carbons (Fsp3) is 0.500. The third-order valence-electron chi connectivity index (χ3n) is 3.16. The van der Waals surface area contributed by atoms with Crippen LogP contribution in [0.15, 0.2) is 17.0 Å². The van der Waals surface area contributed by atoms with Gasteiger partial charge in [0.05, 0.1) is 5.60 Å². The summed E-state index contributed by atoms with van der Waals surface area (Å²) < 4.78 is 14.1. The summed E-state index contributed by atoms with van der Waals surface area (Å²) in [6, 6.07) is 3.16.